The van der Waals surface area contributed by atoms with Crippen molar-refractivity contribution in [2.45, 2.75) is 39.2 Å². The van der Waals surface area contributed by atoms with Gasteiger partial charge in [0.25, 0.3) is 0 Å². The summed E-state index contributed by atoms with van der Waals surface area (Å²) in [6, 6.07) is 9.28. The molecule has 1 N–H and O–H groups in total. The zero-order valence-corrected chi connectivity index (χ0v) is 12.8. The predicted molar refractivity (Wildman–Crippen MR) is 81.8 cm³/mol. The summed E-state index contributed by atoms with van der Waals surface area (Å²) in [5, 5.41) is 11.8. The van der Waals surface area contributed by atoms with Crippen molar-refractivity contribution in [3.05, 3.63) is 47.3 Å². The summed E-state index contributed by atoms with van der Waals surface area (Å²) >= 11 is 0. The largest absolute Gasteiger partial charge is 0.314 e. The van der Waals surface area contributed by atoms with Crippen LogP contribution < -0.4 is 5.32 Å². The molecule has 0 aliphatic heterocycles. The van der Waals surface area contributed by atoms with E-state index in [0.717, 1.165) is 18.7 Å². The van der Waals surface area contributed by atoms with E-state index in [1.165, 1.54) is 11.1 Å². The second-order valence-electron chi connectivity index (χ2n) is 5.76. The van der Waals surface area contributed by atoms with E-state index in [2.05, 4.69) is 60.7 Å². The minimum absolute atomic E-state index is 0.426. The summed E-state index contributed by atoms with van der Waals surface area (Å²) in [6.45, 7) is 7.42. The first-order chi connectivity index (χ1) is 9.54. The van der Waals surface area contributed by atoms with Crippen LogP contribution >= 0.6 is 0 Å². The summed E-state index contributed by atoms with van der Waals surface area (Å²) < 4.78 is 1.76. The van der Waals surface area contributed by atoms with Gasteiger partial charge >= 0.3 is 0 Å². The Morgan fingerprint density at radius 1 is 1.20 bits per heavy atom. The van der Waals surface area contributed by atoms with Crippen molar-refractivity contribution in [3.63, 3.8) is 0 Å². The zero-order chi connectivity index (χ0) is 14.5. The number of aromatic nitrogens is 3. The molecule has 108 valence electrons. The van der Waals surface area contributed by atoms with Crippen LogP contribution in [0.5, 0.6) is 0 Å². The van der Waals surface area contributed by atoms with E-state index in [4.69, 9.17) is 0 Å². The van der Waals surface area contributed by atoms with Crippen molar-refractivity contribution in [1.82, 2.24) is 20.3 Å². The van der Waals surface area contributed by atoms with Crippen molar-refractivity contribution < 1.29 is 0 Å². The number of rotatable bonds is 6. The van der Waals surface area contributed by atoms with Crippen molar-refractivity contribution in [2.75, 3.05) is 6.54 Å². The van der Waals surface area contributed by atoms with Gasteiger partial charge < -0.3 is 5.32 Å². The van der Waals surface area contributed by atoms with Gasteiger partial charge in [-0.25, -0.2) is 0 Å². The van der Waals surface area contributed by atoms with Gasteiger partial charge in [0, 0.05) is 38.2 Å². The SMILES string of the molecule is Cc1ccc(C(CNC(C)C)Cc2cn(C)nn2)cc1. The minimum atomic E-state index is 0.426. The number of hydrogen-bond acceptors (Lipinski definition) is 3. The molecular formula is C16H24N4. The lowest BCUT2D eigenvalue weighted by Gasteiger charge is -2.19. The normalized spacial score (nSPS) is 12.8. The van der Waals surface area contributed by atoms with E-state index in [0.29, 0.717) is 12.0 Å². The fourth-order valence-corrected chi connectivity index (χ4v) is 2.27. The van der Waals surface area contributed by atoms with Gasteiger partial charge in [-0.05, 0) is 12.5 Å². The molecule has 0 amide bonds. The summed E-state index contributed by atoms with van der Waals surface area (Å²) in [4.78, 5) is 0. The lowest BCUT2D eigenvalue weighted by atomic mass is 9.93. The Hall–Kier alpha value is -1.68. The zero-order valence-electron chi connectivity index (χ0n) is 12.8. The van der Waals surface area contributed by atoms with Crippen LogP contribution in [0, 0.1) is 6.92 Å². The van der Waals surface area contributed by atoms with Gasteiger partial charge in [0.2, 0.25) is 0 Å². The number of hydrogen-bond donors (Lipinski definition) is 1. The second kappa shape index (κ2) is 6.66. The molecule has 2 rings (SSSR count). The number of benzene rings is 1. The maximum Gasteiger partial charge on any atom is 0.0833 e. The molecule has 1 aromatic carbocycles. The Labute approximate surface area is 121 Å². The van der Waals surface area contributed by atoms with E-state index in [1.807, 2.05) is 13.2 Å². The van der Waals surface area contributed by atoms with Crippen LogP contribution in [0.25, 0.3) is 0 Å². The summed E-state index contributed by atoms with van der Waals surface area (Å²) in [7, 11) is 1.91. The maximum absolute atomic E-state index is 4.21. The first-order valence-corrected chi connectivity index (χ1v) is 7.19. The minimum Gasteiger partial charge on any atom is -0.314 e. The summed E-state index contributed by atoms with van der Waals surface area (Å²) in [5.74, 6) is 0.426. The van der Waals surface area contributed by atoms with Gasteiger partial charge in [0.15, 0.2) is 0 Å². The molecule has 0 fully saturated rings. The first-order valence-electron chi connectivity index (χ1n) is 7.19. The average Bonchev–Trinajstić information content (AvgIpc) is 2.81. The van der Waals surface area contributed by atoms with E-state index >= 15 is 0 Å². The molecule has 0 aliphatic rings. The monoisotopic (exact) mass is 272 g/mol. The van der Waals surface area contributed by atoms with E-state index in [-0.39, 0.29) is 0 Å². The Kier molecular flexibility index (Phi) is 4.90. The predicted octanol–water partition coefficient (Wildman–Crippen LogP) is 2.45. The Bertz CT molecular complexity index is 528. The van der Waals surface area contributed by atoms with Crippen LogP contribution in [-0.4, -0.2) is 27.6 Å². The fourth-order valence-electron chi connectivity index (χ4n) is 2.27. The molecule has 1 atom stereocenters. The van der Waals surface area contributed by atoms with Gasteiger partial charge in [-0.3, -0.25) is 4.68 Å². The maximum atomic E-state index is 4.21. The lowest BCUT2D eigenvalue weighted by Crippen LogP contribution is -2.29. The van der Waals surface area contributed by atoms with E-state index in [1.54, 1.807) is 4.68 Å². The highest BCUT2D eigenvalue weighted by molar-refractivity contribution is 5.26. The molecule has 0 saturated carbocycles. The second-order valence-corrected chi connectivity index (χ2v) is 5.76. The third-order valence-corrected chi connectivity index (χ3v) is 3.43. The molecule has 0 bridgehead atoms. The van der Waals surface area contributed by atoms with Crippen LogP contribution in [0.3, 0.4) is 0 Å². The molecule has 20 heavy (non-hydrogen) atoms. The van der Waals surface area contributed by atoms with Crippen LogP contribution in [0.4, 0.5) is 0 Å². The molecule has 4 nitrogen and oxygen atoms in total. The Morgan fingerprint density at radius 3 is 2.45 bits per heavy atom. The standard InChI is InChI=1S/C16H24N4/c1-12(2)17-10-15(9-16-11-20(4)19-18-16)14-7-5-13(3)6-8-14/h5-8,11-12,15,17H,9-10H2,1-4H3. The number of nitrogens with one attached hydrogen (secondary N) is 1. The van der Waals surface area contributed by atoms with E-state index < -0.39 is 0 Å². The molecule has 0 aliphatic carbocycles. The third-order valence-electron chi connectivity index (χ3n) is 3.43. The molecule has 0 saturated heterocycles. The average molecular weight is 272 g/mol. The molecule has 1 heterocycles. The highest BCUT2D eigenvalue weighted by atomic mass is 15.4. The van der Waals surface area contributed by atoms with Gasteiger partial charge in [-0.1, -0.05) is 48.9 Å². The first kappa shape index (κ1) is 14.7. The van der Waals surface area contributed by atoms with Crippen molar-refractivity contribution >= 4 is 0 Å². The highest BCUT2D eigenvalue weighted by Crippen LogP contribution is 2.20. The van der Waals surface area contributed by atoms with Crippen molar-refractivity contribution in [2.24, 2.45) is 7.05 Å². The number of aryl methyl sites for hydroxylation is 2. The fraction of sp³-hybridized carbons (Fsp3) is 0.500. The smallest absolute Gasteiger partial charge is 0.0833 e. The quantitative estimate of drug-likeness (QED) is 0.878. The summed E-state index contributed by atoms with van der Waals surface area (Å²) in [5.41, 5.74) is 3.70. The molecule has 0 radical (unpaired) electrons. The van der Waals surface area contributed by atoms with Gasteiger partial charge in [-0.15, -0.1) is 5.10 Å². The van der Waals surface area contributed by atoms with Crippen LogP contribution in [0.15, 0.2) is 30.5 Å². The van der Waals surface area contributed by atoms with Gasteiger partial charge in [-0.2, -0.15) is 0 Å². The topological polar surface area (TPSA) is 42.7 Å². The Balaban J connectivity index is 2.13. The van der Waals surface area contributed by atoms with Crippen LogP contribution in [0.2, 0.25) is 0 Å². The molecule has 2 aromatic rings. The molecule has 1 aromatic heterocycles. The lowest BCUT2D eigenvalue weighted by molar-refractivity contribution is 0.523. The van der Waals surface area contributed by atoms with Crippen molar-refractivity contribution in [3.8, 4) is 0 Å². The molecule has 4 heteroatoms. The Morgan fingerprint density at radius 2 is 1.90 bits per heavy atom. The highest BCUT2D eigenvalue weighted by Gasteiger charge is 2.14. The van der Waals surface area contributed by atoms with Crippen LogP contribution in [-0.2, 0) is 13.5 Å². The van der Waals surface area contributed by atoms with Crippen LogP contribution in [0.1, 0.15) is 36.6 Å². The van der Waals surface area contributed by atoms with Crippen molar-refractivity contribution in [1.29, 1.82) is 0 Å². The van der Waals surface area contributed by atoms with Gasteiger partial charge in [0.1, 0.15) is 0 Å². The van der Waals surface area contributed by atoms with Gasteiger partial charge in [0.05, 0.1) is 5.69 Å². The molecule has 1 unspecified atom stereocenters. The molecule has 0 spiro atoms. The van der Waals surface area contributed by atoms with E-state index in [9.17, 15) is 0 Å². The summed E-state index contributed by atoms with van der Waals surface area (Å²) in [6.07, 6.45) is 2.91. The third kappa shape index (κ3) is 4.17. The molecular weight excluding hydrogens is 248 g/mol. The number of nitrogens with zero attached hydrogens (tertiary/aromatic N) is 3.